The molecule has 0 aliphatic carbocycles. The van der Waals surface area contributed by atoms with Crippen LogP contribution in [0.5, 0.6) is 0 Å². The standard InChI is InChI=1S/C31H28FNO3/c1-2-27(35-23-30(33-34)28-20-12-13-21-29(28)32)22-36-31(24-14-6-3-7-15-24,25-16-8-4-9-17-25)26-18-10-5-11-19-26/h2-21,27,34H,1,22-23H2. The Bertz CT molecular complexity index is 1180. The Labute approximate surface area is 211 Å². The molecule has 4 rings (SSSR count). The summed E-state index contributed by atoms with van der Waals surface area (Å²) >= 11 is 0. The predicted octanol–water partition coefficient (Wildman–Crippen LogP) is 6.58. The molecule has 1 atom stereocenters. The van der Waals surface area contributed by atoms with Gasteiger partial charge >= 0.3 is 0 Å². The van der Waals surface area contributed by atoms with Gasteiger partial charge in [-0.25, -0.2) is 4.39 Å². The molecule has 0 saturated carbocycles. The highest BCUT2D eigenvalue weighted by atomic mass is 19.1. The van der Waals surface area contributed by atoms with Gasteiger partial charge in [0.05, 0.1) is 19.3 Å². The Morgan fingerprint density at radius 3 is 1.72 bits per heavy atom. The molecule has 0 aromatic heterocycles. The fraction of sp³-hybridized carbons (Fsp3) is 0.129. The summed E-state index contributed by atoms with van der Waals surface area (Å²) in [4.78, 5) is 0. The van der Waals surface area contributed by atoms with Gasteiger partial charge in [0, 0.05) is 5.56 Å². The van der Waals surface area contributed by atoms with Crippen molar-refractivity contribution in [2.24, 2.45) is 5.16 Å². The molecule has 0 aliphatic rings. The first-order chi connectivity index (χ1) is 17.7. The average Bonchev–Trinajstić information content (AvgIpc) is 2.95. The molecule has 4 aromatic rings. The second-order valence-electron chi connectivity index (χ2n) is 8.20. The van der Waals surface area contributed by atoms with Crippen molar-refractivity contribution in [3.8, 4) is 0 Å². The maximum atomic E-state index is 14.2. The number of hydrogen-bond donors (Lipinski definition) is 1. The van der Waals surface area contributed by atoms with Crippen LogP contribution in [0.2, 0.25) is 0 Å². The van der Waals surface area contributed by atoms with E-state index in [9.17, 15) is 9.60 Å². The summed E-state index contributed by atoms with van der Waals surface area (Å²) in [5.41, 5.74) is 2.25. The lowest BCUT2D eigenvalue weighted by atomic mass is 9.80. The number of hydrogen-bond acceptors (Lipinski definition) is 4. The van der Waals surface area contributed by atoms with E-state index in [-0.39, 0.29) is 24.5 Å². The number of benzene rings is 4. The van der Waals surface area contributed by atoms with Crippen LogP contribution in [0.3, 0.4) is 0 Å². The van der Waals surface area contributed by atoms with E-state index in [1.165, 1.54) is 6.07 Å². The lowest BCUT2D eigenvalue weighted by Gasteiger charge is -2.36. The van der Waals surface area contributed by atoms with Crippen molar-refractivity contribution in [3.05, 3.63) is 156 Å². The maximum Gasteiger partial charge on any atom is 0.143 e. The summed E-state index contributed by atoms with van der Waals surface area (Å²) in [6, 6.07) is 36.2. The molecule has 1 unspecified atom stereocenters. The van der Waals surface area contributed by atoms with Gasteiger partial charge in [-0.2, -0.15) is 0 Å². The topological polar surface area (TPSA) is 51.0 Å². The summed E-state index contributed by atoms with van der Waals surface area (Å²) < 4.78 is 26.9. The fourth-order valence-corrected chi connectivity index (χ4v) is 4.20. The highest BCUT2D eigenvalue weighted by molar-refractivity contribution is 6.01. The van der Waals surface area contributed by atoms with Crippen molar-refractivity contribution in [3.63, 3.8) is 0 Å². The highest BCUT2D eigenvalue weighted by Crippen LogP contribution is 2.40. The van der Waals surface area contributed by atoms with Gasteiger partial charge in [-0.1, -0.05) is 114 Å². The van der Waals surface area contributed by atoms with Gasteiger partial charge in [-0.05, 0) is 28.8 Å². The molecule has 4 nitrogen and oxygen atoms in total. The first-order valence-electron chi connectivity index (χ1n) is 11.7. The minimum atomic E-state index is -0.909. The van der Waals surface area contributed by atoms with Gasteiger partial charge < -0.3 is 14.7 Å². The monoisotopic (exact) mass is 481 g/mol. The van der Waals surface area contributed by atoms with E-state index < -0.39 is 17.5 Å². The minimum Gasteiger partial charge on any atom is -0.411 e. The summed E-state index contributed by atoms with van der Waals surface area (Å²) in [5, 5.41) is 12.7. The number of oxime groups is 1. The molecule has 0 heterocycles. The predicted molar refractivity (Wildman–Crippen MR) is 140 cm³/mol. The molecule has 0 fully saturated rings. The molecular weight excluding hydrogens is 453 g/mol. The first-order valence-corrected chi connectivity index (χ1v) is 11.7. The van der Waals surface area contributed by atoms with Crippen LogP contribution in [0.15, 0.2) is 133 Å². The number of halogens is 1. The van der Waals surface area contributed by atoms with E-state index in [4.69, 9.17) is 9.47 Å². The van der Waals surface area contributed by atoms with Crippen molar-refractivity contribution in [2.45, 2.75) is 11.7 Å². The van der Waals surface area contributed by atoms with Crippen LogP contribution in [0.4, 0.5) is 4.39 Å². The normalized spacial score (nSPS) is 12.8. The Kier molecular flexibility index (Phi) is 8.40. The number of ether oxygens (including phenoxy) is 2. The largest absolute Gasteiger partial charge is 0.411 e. The van der Waals surface area contributed by atoms with Crippen LogP contribution in [0, 0.1) is 5.82 Å². The van der Waals surface area contributed by atoms with Crippen molar-refractivity contribution in [1.29, 1.82) is 0 Å². The second kappa shape index (κ2) is 12.1. The third kappa shape index (κ3) is 5.43. The molecular formula is C31H28FNO3. The van der Waals surface area contributed by atoms with Crippen molar-refractivity contribution >= 4 is 5.71 Å². The molecule has 0 spiro atoms. The third-order valence-electron chi connectivity index (χ3n) is 6.01. The molecule has 4 aromatic carbocycles. The van der Waals surface area contributed by atoms with Gasteiger partial charge in [-0.15, -0.1) is 6.58 Å². The van der Waals surface area contributed by atoms with Gasteiger partial charge in [0.25, 0.3) is 0 Å². The zero-order valence-electron chi connectivity index (χ0n) is 19.8. The van der Waals surface area contributed by atoms with Crippen molar-refractivity contribution in [2.75, 3.05) is 13.2 Å². The van der Waals surface area contributed by atoms with Gasteiger partial charge in [0.1, 0.15) is 17.1 Å². The summed E-state index contributed by atoms with van der Waals surface area (Å²) in [7, 11) is 0. The molecule has 36 heavy (non-hydrogen) atoms. The van der Waals surface area contributed by atoms with Gasteiger partial charge in [-0.3, -0.25) is 0 Å². The summed E-state index contributed by atoms with van der Waals surface area (Å²) in [6.45, 7) is 3.92. The molecule has 182 valence electrons. The van der Waals surface area contributed by atoms with Crippen LogP contribution in [-0.2, 0) is 15.1 Å². The van der Waals surface area contributed by atoms with Gasteiger partial charge in [0.15, 0.2) is 0 Å². The number of nitrogens with zero attached hydrogens (tertiary/aromatic N) is 1. The molecule has 0 radical (unpaired) electrons. The van der Waals surface area contributed by atoms with Crippen molar-refractivity contribution in [1.82, 2.24) is 0 Å². The zero-order valence-corrected chi connectivity index (χ0v) is 19.8. The Morgan fingerprint density at radius 1 is 0.806 bits per heavy atom. The maximum absolute atomic E-state index is 14.2. The van der Waals surface area contributed by atoms with E-state index >= 15 is 0 Å². The summed E-state index contributed by atoms with van der Waals surface area (Å²) in [5.74, 6) is -0.489. The number of rotatable bonds is 11. The minimum absolute atomic E-state index is 0.0837. The van der Waals surface area contributed by atoms with Crippen LogP contribution < -0.4 is 0 Å². The molecule has 0 saturated heterocycles. The average molecular weight is 482 g/mol. The van der Waals surface area contributed by atoms with E-state index in [2.05, 4.69) is 11.7 Å². The van der Waals surface area contributed by atoms with Crippen molar-refractivity contribution < 1.29 is 19.1 Å². The molecule has 1 N–H and O–H groups in total. The van der Waals surface area contributed by atoms with E-state index in [1.807, 2.05) is 91.0 Å². The third-order valence-corrected chi connectivity index (χ3v) is 6.01. The molecule has 5 heteroatoms. The van der Waals surface area contributed by atoms with Crippen LogP contribution in [0.1, 0.15) is 22.3 Å². The Balaban J connectivity index is 1.64. The van der Waals surface area contributed by atoms with E-state index in [0.717, 1.165) is 16.7 Å². The molecule has 0 amide bonds. The van der Waals surface area contributed by atoms with Gasteiger partial charge in [0.2, 0.25) is 0 Å². The quantitative estimate of drug-likeness (QED) is 0.0865. The first kappa shape index (κ1) is 25.0. The summed E-state index contributed by atoms with van der Waals surface area (Å²) in [6.07, 6.45) is 1.08. The molecule has 0 bridgehead atoms. The SMILES string of the molecule is C=CC(COC(c1ccccc1)(c1ccccc1)c1ccccc1)OCC(=NO)c1ccccc1F. The second-order valence-corrected chi connectivity index (χ2v) is 8.20. The zero-order chi connectivity index (χ0) is 25.2. The van der Waals surface area contributed by atoms with E-state index in [1.54, 1.807) is 24.3 Å². The van der Waals surface area contributed by atoms with Crippen LogP contribution in [-0.4, -0.2) is 30.2 Å². The van der Waals surface area contributed by atoms with Crippen LogP contribution in [0.25, 0.3) is 0 Å². The fourth-order valence-electron chi connectivity index (χ4n) is 4.20. The Morgan fingerprint density at radius 2 is 1.28 bits per heavy atom. The molecule has 0 aliphatic heterocycles. The lowest BCUT2D eigenvalue weighted by Crippen LogP contribution is -2.36. The lowest BCUT2D eigenvalue weighted by molar-refractivity contribution is -0.0413. The smallest absolute Gasteiger partial charge is 0.143 e. The Hall–Kier alpha value is -4.06. The van der Waals surface area contributed by atoms with E-state index in [0.29, 0.717) is 0 Å². The highest BCUT2D eigenvalue weighted by Gasteiger charge is 2.38. The van der Waals surface area contributed by atoms with Crippen LogP contribution >= 0.6 is 0 Å².